The number of hydrogen-bond donors (Lipinski definition) is 2. The third kappa shape index (κ3) is 4.27. The predicted octanol–water partition coefficient (Wildman–Crippen LogP) is 6.91. The number of anilines is 1. The largest absolute Gasteiger partial charge is 0.507 e. The summed E-state index contributed by atoms with van der Waals surface area (Å²) >= 11 is 6.68. The van der Waals surface area contributed by atoms with Crippen molar-refractivity contribution in [2.24, 2.45) is 0 Å². The van der Waals surface area contributed by atoms with E-state index >= 15 is 0 Å². The molecule has 1 atom stereocenters. The molecule has 0 spiro atoms. The molecule has 37 heavy (non-hydrogen) atoms. The van der Waals surface area contributed by atoms with Gasteiger partial charge >= 0.3 is 0 Å². The molecule has 3 aromatic rings. The molecule has 0 fully saturated rings. The van der Waals surface area contributed by atoms with Crippen molar-refractivity contribution >= 4 is 34.7 Å². The van der Waals surface area contributed by atoms with Crippen LogP contribution in [0, 0.1) is 5.41 Å². The van der Waals surface area contributed by atoms with Gasteiger partial charge in [0.05, 0.1) is 19.9 Å². The SMILES string of the molecule is COc1ccc(OC)c(N2C(=N)/C(=C(/O)c3ccccc3)C(c3ccccc3Cl)C3=C2CCCC3=O)c1. The van der Waals surface area contributed by atoms with Gasteiger partial charge in [0.1, 0.15) is 23.1 Å². The Bertz CT molecular complexity index is 1440. The number of nitrogens with zero attached hydrogens (tertiary/aromatic N) is 1. The van der Waals surface area contributed by atoms with Crippen molar-refractivity contribution in [1.29, 1.82) is 5.41 Å². The number of ketones is 1. The number of carbonyl (C=O) groups excluding carboxylic acids is 1. The molecule has 2 aliphatic rings. The lowest BCUT2D eigenvalue weighted by atomic mass is 9.73. The average molecular weight is 515 g/mol. The van der Waals surface area contributed by atoms with Gasteiger partial charge in [-0.1, -0.05) is 60.1 Å². The highest BCUT2D eigenvalue weighted by molar-refractivity contribution is 6.32. The lowest BCUT2D eigenvalue weighted by Gasteiger charge is -2.42. The fourth-order valence-corrected chi connectivity index (χ4v) is 5.45. The molecule has 1 heterocycles. The highest BCUT2D eigenvalue weighted by Gasteiger charge is 2.44. The number of benzene rings is 3. The lowest BCUT2D eigenvalue weighted by Crippen LogP contribution is -2.42. The van der Waals surface area contributed by atoms with Crippen molar-refractivity contribution in [3.8, 4) is 11.5 Å². The Hall–Kier alpha value is -4.03. The van der Waals surface area contributed by atoms with Crippen LogP contribution in [0.4, 0.5) is 5.69 Å². The van der Waals surface area contributed by atoms with E-state index in [4.69, 9.17) is 21.1 Å². The summed E-state index contributed by atoms with van der Waals surface area (Å²) in [5.74, 6) is 0.351. The van der Waals surface area contributed by atoms with Crippen molar-refractivity contribution < 1.29 is 19.4 Å². The number of aliphatic hydroxyl groups excluding tert-OH is 1. The maximum absolute atomic E-state index is 13.6. The smallest absolute Gasteiger partial charge is 0.161 e. The van der Waals surface area contributed by atoms with Crippen LogP contribution < -0.4 is 14.4 Å². The Morgan fingerprint density at radius 1 is 1.00 bits per heavy atom. The van der Waals surface area contributed by atoms with Crippen LogP contribution in [0.15, 0.2) is 89.6 Å². The molecule has 188 valence electrons. The molecule has 1 unspecified atom stereocenters. The first-order valence-electron chi connectivity index (χ1n) is 12.1. The van der Waals surface area contributed by atoms with E-state index in [0.717, 1.165) is 0 Å². The van der Waals surface area contributed by atoms with Crippen LogP contribution in [-0.2, 0) is 4.79 Å². The molecule has 0 radical (unpaired) electrons. The quantitative estimate of drug-likeness (QED) is 0.361. The molecular weight excluding hydrogens is 488 g/mol. The predicted molar refractivity (Wildman–Crippen MR) is 146 cm³/mol. The summed E-state index contributed by atoms with van der Waals surface area (Å²) in [4.78, 5) is 15.3. The van der Waals surface area contributed by atoms with Gasteiger partial charge in [-0.3, -0.25) is 15.1 Å². The monoisotopic (exact) mass is 514 g/mol. The molecule has 0 saturated heterocycles. The Kier molecular flexibility index (Phi) is 6.76. The van der Waals surface area contributed by atoms with Crippen LogP contribution in [0.5, 0.6) is 11.5 Å². The molecule has 0 aromatic heterocycles. The second-order valence-corrected chi connectivity index (χ2v) is 9.35. The minimum atomic E-state index is -0.697. The summed E-state index contributed by atoms with van der Waals surface area (Å²) in [5, 5.41) is 21.6. The average Bonchev–Trinajstić information content (AvgIpc) is 2.93. The zero-order valence-electron chi connectivity index (χ0n) is 20.6. The standard InChI is InChI=1S/C30H27ClN2O4/c1-36-19-15-16-25(37-2)23(17-19)33-22-13-8-14-24(34)27(22)26(20-11-6-7-12-21(20)31)28(30(33)32)29(35)18-9-4-3-5-10-18/h3-7,9-12,15-17,26,32,35H,8,13-14H2,1-2H3/b29-28+,32-30?. The minimum absolute atomic E-state index is 0.0242. The number of nitrogens with one attached hydrogen (secondary N) is 1. The maximum atomic E-state index is 13.6. The van der Waals surface area contributed by atoms with E-state index in [-0.39, 0.29) is 17.4 Å². The number of amidine groups is 1. The first kappa shape index (κ1) is 24.7. The molecule has 3 aromatic carbocycles. The number of ether oxygens (including phenoxy) is 2. The molecule has 1 aliphatic heterocycles. The molecular formula is C30H27ClN2O4. The normalized spacial score (nSPS) is 19.0. The molecule has 6 nitrogen and oxygen atoms in total. The Morgan fingerprint density at radius 3 is 2.43 bits per heavy atom. The van der Waals surface area contributed by atoms with Crippen molar-refractivity contribution in [2.45, 2.75) is 25.2 Å². The van der Waals surface area contributed by atoms with Gasteiger partial charge in [0.25, 0.3) is 0 Å². The van der Waals surface area contributed by atoms with Gasteiger partial charge in [0.2, 0.25) is 0 Å². The zero-order valence-corrected chi connectivity index (χ0v) is 21.4. The third-order valence-electron chi connectivity index (χ3n) is 6.90. The summed E-state index contributed by atoms with van der Waals surface area (Å²) < 4.78 is 11.1. The Labute approximate surface area is 220 Å². The summed E-state index contributed by atoms with van der Waals surface area (Å²) in [6.45, 7) is 0. The van der Waals surface area contributed by atoms with Gasteiger partial charge in [-0.05, 0) is 36.6 Å². The molecule has 0 bridgehead atoms. The zero-order chi connectivity index (χ0) is 26.1. The van der Waals surface area contributed by atoms with Gasteiger partial charge in [-0.2, -0.15) is 0 Å². The number of halogens is 1. The van der Waals surface area contributed by atoms with Crippen molar-refractivity contribution in [3.05, 3.63) is 106 Å². The van der Waals surface area contributed by atoms with Gasteiger partial charge in [-0.25, -0.2) is 0 Å². The Morgan fingerprint density at radius 2 is 1.73 bits per heavy atom. The number of hydrogen-bond acceptors (Lipinski definition) is 5. The molecule has 0 saturated carbocycles. The van der Waals surface area contributed by atoms with E-state index in [1.807, 2.05) is 36.4 Å². The van der Waals surface area contributed by atoms with Gasteiger partial charge in [0.15, 0.2) is 5.78 Å². The Balaban J connectivity index is 1.87. The van der Waals surface area contributed by atoms with E-state index in [2.05, 4.69) is 0 Å². The van der Waals surface area contributed by atoms with E-state index in [1.165, 1.54) is 0 Å². The van der Waals surface area contributed by atoms with E-state index < -0.39 is 5.92 Å². The number of allylic oxidation sites excluding steroid dienone is 2. The topological polar surface area (TPSA) is 82.8 Å². The van der Waals surface area contributed by atoms with Gasteiger partial charge in [-0.15, -0.1) is 0 Å². The van der Waals surface area contributed by atoms with Crippen molar-refractivity contribution in [1.82, 2.24) is 0 Å². The molecule has 7 heteroatoms. The fourth-order valence-electron chi connectivity index (χ4n) is 5.20. The van der Waals surface area contributed by atoms with E-state index in [9.17, 15) is 15.3 Å². The number of aliphatic hydroxyl groups is 1. The molecule has 5 rings (SSSR count). The second kappa shape index (κ2) is 10.1. The van der Waals surface area contributed by atoms with E-state index in [1.54, 1.807) is 55.5 Å². The highest BCUT2D eigenvalue weighted by Crippen LogP contribution is 2.50. The van der Waals surface area contributed by atoms with Crippen molar-refractivity contribution in [3.63, 3.8) is 0 Å². The third-order valence-corrected chi connectivity index (χ3v) is 7.24. The maximum Gasteiger partial charge on any atom is 0.161 e. The summed E-state index contributed by atoms with van der Waals surface area (Å²) in [6, 6.07) is 21.7. The number of carbonyl (C=O) groups is 1. The molecule has 1 aliphatic carbocycles. The summed E-state index contributed by atoms with van der Waals surface area (Å²) in [6.07, 6.45) is 1.63. The number of rotatable bonds is 5. The fraction of sp³-hybridized carbons (Fsp3) is 0.200. The number of methoxy groups -OCH3 is 2. The molecule has 0 amide bonds. The van der Waals surface area contributed by atoms with Crippen LogP contribution >= 0.6 is 11.6 Å². The van der Waals surface area contributed by atoms with Crippen molar-refractivity contribution in [2.75, 3.05) is 19.1 Å². The molecule has 2 N–H and O–H groups in total. The first-order chi connectivity index (χ1) is 18.0. The minimum Gasteiger partial charge on any atom is -0.507 e. The van der Waals surface area contributed by atoms with Gasteiger partial charge < -0.3 is 14.6 Å². The lowest BCUT2D eigenvalue weighted by molar-refractivity contribution is -0.116. The summed E-state index contributed by atoms with van der Waals surface area (Å²) in [5.41, 5.74) is 3.33. The van der Waals surface area contributed by atoms with Crippen LogP contribution in [0.25, 0.3) is 5.76 Å². The first-order valence-corrected chi connectivity index (χ1v) is 12.4. The number of Topliss-reactive ketones (excluding diaryl/α,β-unsaturated/α-hetero) is 1. The van der Waals surface area contributed by atoms with Crippen LogP contribution in [0.2, 0.25) is 5.02 Å². The van der Waals surface area contributed by atoms with Crippen LogP contribution in [0.3, 0.4) is 0 Å². The van der Waals surface area contributed by atoms with E-state index in [0.29, 0.717) is 69.4 Å². The van der Waals surface area contributed by atoms with Crippen LogP contribution in [-0.4, -0.2) is 30.9 Å². The second-order valence-electron chi connectivity index (χ2n) is 8.94. The summed E-state index contributed by atoms with van der Waals surface area (Å²) in [7, 11) is 3.13. The van der Waals surface area contributed by atoms with Crippen LogP contribution in [0.1, 0.15) is 36.3 Å². The highest BCUT2D eigenvalue weighted by atomic mass is 35.5. The van der Waals surface area contributed by atoms with Gasteiger partial charge in [0, 0.05) is 45.8 Å².